The molecule has 0 radical (unpaired) electrons. The van der Waals surface area contributed by atoms with Crippen LogP contribution in [0, 0.1) is 5.92 Å². The molecule has 1 aliphatic rings. The first-order valence-electron chi connectivity index (χ1n) is 7.04. The lowest BCUT2D eigenvalue weighted by Crippen LogP contribution is -2.41. The summed E-state index contributed by atoms with van der Waals surface area (Å²) in [5.41, 5.74) is 1.17. The number of ether oxygens (including phenoxy) is 1. The molecule has 4 nitrogen and oxygen atoms in total. The van der Waals surface area contributed by atoms with Gasteiger partial charge in [-0.3, -0.25) is 4.68 Å². The van der Waals surface area contributed by atoms with Crippen molar-refractivity contribution in [1.29, 1.82) is 0 Å². The lowest BCUT2D eigenvalue weighted by atomic mass is 9.90. The molecule has 0 bridgehead atoms. The SMILES string of the molecule is CCCNC(Cc1ccn(C)n1)C1CCOC1C. The van der Waals surface area contributed by atoms with E-state index < -0.39 is 0 Å². The summed E-state index contributed by atoms with van der Waals surface area (Å²) in [5, 5.41) is 8.16. The molecule has 0 spiro atoms. The van der Waals surface area contributed by atoms with Gasteiger partial charge in [0.2, 0.25) is 0 Å². The van der Waals surface area contributed by atoms with Gasteiger partial charge in [0.25, 0.3) is 0 Å². The van der Waals surface area contributed by atoms with Gasteiger partial charge in [0, 0.05) is 38.2 Å². The lowest BCUT2D eigenvalue weighted by Gasteiger charge is -2.26. The Kier molecular flexibility index (Phi) is 4.78. The maximum atomic E-state index is 5.70. The predicted molar refractivity (Wildman–Crippen MR) is 72.5 cm³/mol. The fourth-order valence-corrected chi connectivity index (χ4v) is 2.78. The Bertz CT molecular complexity index is 364. The maximum Gasteiger partial charge on any atom is 0.0640 e. The average molecular weight is 251 g/mol. The molecule has 0 aliphatic carbocycles. The topological polar surface area (TPSA) is 39.1 Å². The molecule has 1 aromatic heterocycles. The third kappa shape index (κ3) is 3.33. The first kappa shape index (κ1) is 13.6. The van der Waals surface area contributed by atoms with Crippen LogP contribution in [0.4, 0.5) is 0 Å². The van der Waals surface area contributed by atoms with E-state index in [-0.39, 0.29) is 0 Å². The highest BCUT2D eigenvalue weighted by atomic mass is 16.5. The second-order valence-corrected chi connectivity index (χ2v) is 5.27. The Morgan fingerprint density at radius 2 is 2.44 bits per heavy atom. The van der Waals surface area contributed by atoms with Crippen molar-refractivity contribution in [1.82, 2.24) is 15.1 Å². The van der Waals surface area contributed by atoms with Gasteiger partial charge >= 0.3 is 0 Å². The molecule has 1 fully saturated rings. The van der Waals surface area contributed by atoms with Gasteiger partial charge in [-0.15, -0.1) is 0 Å². The molecule has 1 aromatic rings. The van der Waals surface area contributed by atoms with Crippen molar-refractivity contribution in [3.8, 4) is 0 Å². The summed E-state index contributed by atoms with van der Waals surface area (Å²) >= 11 is 0. The number of hydrogen-bond acceptors (Lipinski definition) is 3. The molecular formula is C14H25N3O. The first-order chi connectivity index (χ1) is 8.70. The minimum atomic E-state index is 0.364. The van der Waals surface area contributed by atoms with Gasteiger partial charge in [-0.2, -0.15) is 5.10 Å². The fourth-order valence-electron chi connectivity index (χ4n) is 2.78. The zero-order valence-electron chi connectivity index (χ0n) is 11.7. The summed E-state index contributed by atoms with van der Waals surface area (Å²) in [5.74, 6) is 0.610. The molecule has 0 saturated carbocycles. The zero-order chi connectivity index (χ0) is 13.0. The molecule has 3 unspecified atom stereocenters. The van der Waals surface area contributed by atoms with Gasteiger partial charge in [-0.05, 0) is 32.4 Å². The molecule has 2 rings (SSSR count). The molecule has 102 valence electrons. The first-order valence-corrected chi connectivity index (χ1v) is 7.04. The summed E-state index contributed by atoms with van der Waals surface area (Å²) in [6, 6.07) is 2.60. The minimum absolute atomic E-state index is 0.364. The second kappa shape index (κ2) is 6.34. The average Bonchev–Trinajstić information content (AvgIpc) is 2.93. The van der Waals surface area contributed by atoms with E-state index in [1.54, 1.807) is 0 Å². The van der Waals surface area contributed by atoms with E-state index in [1.165, 1.54) is 12.1 Å². The Labute approximate surface area is 110 Å². The normalized spacial score (nSPS) is 25.5. The standard InChI is InChI=1S/C14H25N3O/c1-4-7-15-14(13-6-9-18-11(13)2)10-12-5-8-17(3)16-12/h5,8,11,13-15H,4,6-7,9-10H2,1-3H3. The van der Waals surface area contributed by atoms with E-state index in [9.17, 15) is 0 Å². The van der Waals surface area contributed by atoms with Crippen LogP contribution in [0.25, 0.3) is 0 Å². The largest absolute Gasteiger partial charge is 0.378 e. The van der Waals surface area contributed by atoms with Crippen molar-refractivity contribution in [3.63, 3.8) is 0 Å². The number of aryl methyl sites for hydroxylation is 1. The summed E-state index contributed by atoms with van der Waals surface area (Å²) in [6.07, 6.45) is 5.71. The molecule has 18 heavy (non-hydrogen) atoms. The van der Waals surface area contributed by atoms with Gasteiger partial charge in [0.1, 0.15) is 0 Å². The molecule has 0 amide bonds. The molecule has 1 saturated heterocycles. The van der Waals surface area contributed by atoms with Crippen molar-refractivity contribution in [2.45, 2.75) is 45.3 Å². The Hall–Kier alpha value is -0.870. The van der Waals surface area contributed by atoms with Crippen LogP contribution in [0.5, 0.6) is 0 Å². The van der Waals surface area contributed by atoms with Crippen molar-refractivity contribution < 1.29 is 4.74 Å². The van der Waals surface area contributed by atoms with Crippen LogP contribution in [0.3, 0.4) is 0 Å². The van der Waals surface area contributed by atoms with Gasteiger partial charge in [-0.25, -0.2) is 0 Å². The van der Waals surface area contributed by atoms with Crippen molar-refractivity contribution in [2.24, 2.45) is 13.0 Å². The summed E-state index contributed by atoms with van der Waals surface area (Å²) < 4.78 is 7.58. The zero-order valence-corrected chi connectivity index (χ0v) is 11.7. The Balaban J connectivity index is 2.00. The Morgan fingerprint density at radius 1 is 1.61 bits per heavy atom. The number of rotatable bonds is 6. The van der Waals surface area contributed by atoms with Crippen LogP contribution < -0.4 is 5.32 Å². The molecule has 3 atom stereocenters. The number of hydrogen-bond donors (Lipinski definition) is 1. The minimum Gasteiger partial charge on any atom is -0.378 e. The van der Waals surface area contributed by atoms with E-state index >= 15 is 0 Å². The van der Waals surface area contributed by atoms with Crippen LogP contribution in [-0.4, -0.2) is 35.1 Å². The predicted octanol–water partition coefficient (Wildman–Crippen LogP) is 1.76. The van der Waals surface area contributed by atoms with Gasteiger partial charge in [0.05, 0.1) is 11.8 Å². The smallest absolute Gasteiger partial charge is 0.0640 e. The van der Waals surface area contributed by atoms with Gasteiger partial charge < -0.3 is 10.1 Å². The molecule has 0 aromatic carbocycles. The third-order valence-corrected chi connectivity index (χ3v) is 3.81. The summed E-state index contributed by atoms with van der Waals surface area (Å²) in [7, 11) is 1.97. The van der Waals surface area contributed by atoms with Crippen LogP contribution in [0.2, 0.25) is 0 Å². The van der Waals surface area contributed by atoms with Crippen molar-refractivity contribution in [2.75, 3.05) is 13.2 Å². The number of aromatic nitrogens is 2. The Morgan fingerprint density at radius 3 is 3.00 bits per heavy atom. The second-order valence-electron chi connectivity index (χ2n) is 5.27. The highest BCUT2D eigenvalue weighted by Gasteiger charge is 2.31. The van der Waals surface area contributed by atoms with E-state index in [4.69, 9.17) is 4.74 Å². The summed E-state index contributed by atoms with van der Waals surface area (Å²) in [4.78, 5) is 0. The molecule has 4 heteroatoms. The van der Waals surface area contributed by atoms with Crippen molar-refractivity contribution >= 4 is 0 Å². The molecule has 1 N–H and O–H groups in total. The maximum absolute atomic E-state index is 5.70. The lowest BCUT2D eigenvalue weighted by molar-refractivity contribution is 0.0952. The summed E-state index contributed by atoms with van der Waals surface area (Å²) in [6.45, 7) is 6.37. The number of nitrogens with one attached hydrogen (secondary N) is 1. The molecule has 1 aliphatic heterocycles. The van der Waals surface area contributed by atoms with Gasteiger partial charge in [-0.1, -0.05) is 6.92 Å². The molecule has 2 heterocycles. The molecular weight excluding hydrogens is 226 g/mol. The van der Waals surface area contributed by atoms with Crippen molar-refractivity contribution in [3.05, 3.63) is 18.0 Å². The van der Waals surface area contributed by atoms with E-state index in [2.05, 4.69) is 30.3 Å². The van der Waals surface area contributed by atoms with E-state index in [1.807, 2.05) is 17.9 Å². The van der Waals surface area contributed by atoms with Crippen LogP contribution in [-0.2, 0) is 18.2 Å². The highest BCUT2D eigenvalue weighted by Crippen LogP contribution is 2.25. The third-order valence-electron chi connectivity index (χ3n) is 3.81. The van der Waals surface area contributed by atoms with E-state index in [0.29, 0.717) is 18.1 Å². The number of nitrogens with zero attached hydrogens (tertiary/aromatic N) is 2. The van der Waals surface area contributed by atoms with Crippen LogP contribution in [0.15, 0.2) is 12.3 Å². The van der Waals surface area contributed by atoms with Crippen LogP contribution >= 0.6 is 0 Å². The fraction of sp³-hybridized carbons (Fsp3) is 0.786. The quantitative estimate of drug-likeness (QED) is 0.837. The highest BCUT2D eigenvalue weighted by molar-refractivity contribution is 5.03. The van der Waals surface area contributed by atoms with Crippen LogP contribution in [0.1, 0.15) is 32.4 Å². The van der Waals surface area contributed by atoms with Gasteiger partial charge in [0.15, 0.2) is 0 Å². The van der Waals surface area contributed by atoms with E-state index in [0.717, 1.165) is 26.0 Å². The monoisotopic (exact) mass is 251 g/mol.